The Kier molecular flexibility index (Phi) is 4.45. The summed E-state index contributed by atoms with van der Waals surface area (Å²) in [5, 5.41) is 8.92. The number of nitrogens with zero attached hydrogens (tertiary/aromatic N) is 2. The highest BCUT2D eigenvalue weighted by Gasteiger charge is 2.18. The Hall–Kier alpha value is -1.62. The van der Waals surface area contributed by atoms with E-state index in [1.54, 1.807) is 19.3 Å². The zero-order valence-electron chi connectivity index (χ0n) is 10.4. The summed E-state index contributed by atoms with van der Waals surface area (Å²) < 4.78 is 1.41. The third kappa shape index (κ3) is 3.17. The van der Waals surface area contributed by atoms with Crippen LogP contribution in [0, 0.1) is 0 Å². The minimum atomic E-state index is -0.230. The monoisotopic (exact) mass is 238 g/mol. The Morgan fingerprint density at radius 1 is 1.53 bits per heavy atom. The van der Waals surface area contributed by atoms with Crippen LogP contribution in [0.1, 0.15) is 24.2 Å². The summed E-state index contributed by atoms with van der Waals surface area (Å²) in [4.78, 5) is 25.1. The van der Waals surface area contributed by atoms with Crippen LogP contribution >= 0.6 is 0 Å². The van der Waals surface area contributed by atoms with E-state index in [1.807, 2.05) is 13.8 Å². The van der Waals surface area contributed by atoms with Crippen LogP contribution in [0.25, 0.3) is 0 Å². The summed E-state index contributed by atoms with van der Waals surface area (Å²) >= 11 is 0. The topological polar surface area (TPSA) is 62.5 Å². The lowest BCUT2D eigenvalue weighted by Crippen LogP contribution is -2.39. The lowest BCUT2D eigenvalue weighted by atomic mass is 10.2. The Bertz CT molecular complexity index is 451. The molecule has 0 spiro atoms. The molecule has 0 saturated heterocycles. The number of aromatic nitrogens is 1. The number of aliphatic hydroxyl groups excluding tert-OH is 1. The van der Waals surface area contributed by atoms with Gasteiger partial charge in [-0.25, -0.2) is 0 Å². The van der Waals surface area contributed by atoms with Crippen LogP contribution in [0.2, 0.25) is 0 Å². The van der Waals surface area contributed by atoms with Crippen molar-refractivity contribution in [1.29, 1.82) is 0 Å². The predicted octanol–water partition coefficient (Wildman–Crippen LogP) is 0.228. The van der Waals surface area contributed by atoms with Crippen LogP contribution in [0.15, 0.2) is 23.1 Å². The maximum absolute atomic E-state index is 12.1. The normalized spacial score (nSPS) is 10.6. The number of hydrogen-bond acceptors (Lipinski definition) is 3. The maximum Gasteiger partial charge on any atom is 0.254 e. The molecule has 94 valence electrons. The SMILES string of the molecule is CC(C)N(CCO)C(=O)c1ccn(C)c(=O)c1. The second-order valence-electron chi connectivity index (χ2n) is 4.18. The Balaban J connectivity index is 3.01. The van der Waals surface area contributed by atoms with Crippen molar-refractivity contribution in [3.8, 4) is 0 Å². The molecule has 1 heterocycles. The fourth-order valence-electron chi connectivity index (χ4n) is 1.55. The summed E-state index contributed by atoms with van der Waals surface area (Å²) in [6.45, 7) is 3.92. The molecule has 0 aliphatic heterocycles. The fourth-order valence-corrected chi connectivity index (χ4v) is 1.55. The molecule has 0 unspecified atom stereocenters. The summed E-state index contributed by atoms with van der Waals surface area (Å²) in [6, 6.07) is 2.91. The number of amides is 1. The summed E-state index contributed by atoms with van der Waals surface area (Å²) in [5.74, 6) is -0.230. The first-order valence-electron chi connectivity index (χ1n) is 5.56. The first-order valence-corrected chi connectivity index (χ1v) is 5.56. The second kappa shape index (κ2) is 5.63. The van der Waals surface area contributed by atoms with Crippen molar-refractivity contribution in [2.24, 2.45) is 7.05 Å². The molecule has 0 aliphatic carbocycles. The van der Waals surface area contributed by atoms with Gasteiger partial charge in [0.25, 0.3) is 11.5 Å². The highest BCUT2D eigenvalue weighted by molar-refractivity contribution is 5.94. The number of rotatable bonds is 4. The summed E-state index contributed by atoms with van der Waals surface area (Å²) in [5.41, 5.74) is 0.138. The van der Waals surface area contributed by atoms with E-state index in [1.165, 1.54) is 15.5 Å². The lowest BCUT2D eigenvalue weighted by molar-refractivity contribution is 0.0665. The minimum absolute atomic E-state index is 0.0151. The van der Waals surface area contributed by atoms with Gasteiger partial charge in [0.05, 0.1) is 6.61 Å². The molecule has 0 radical (unpaired) electrons. The second-order valence-corrected chi connectivity index (χ2v) is 4.18. The van der Waals surface area contributed by atoms with Crippen LogP contribution in [-0.4, -0.2) is 39.7 Å². The van der Waals surface area contributed by atoms with Gasteiger partial charge in [-0.2, -0.15) is 0 Å². The van der Waals surface area contributed by atoms with Gasteiger partial charge < -0.3 is 14.6 Å². The zero-order valence-corrected chi connectivity index (χ0v) is 10.4. The molecule has 17 heavy (non-hydrogen) atoms. The molecular weight excluding hydrogens is 220 g/mol. The first-order chi connectivity index (χ1) is 7.97. The van der Waals surface area contributed by atoms with E-state index in [0.29, 0.717) is 5.56 Å². The average Bonchev–Trinajstić information content (AvgIpc) is 2.28. The van der Waals surface area contributed by atoms with Crippen molar-refractivity contribution in [3.05, 3.63) is 34.2 Å². The van der Waals surface area contributed by atoms with Crippen molar-refractivity contribution in [2.75, 3.05) is 13.2 Å². The smallest absolute Gasteiger partial charge is 0.254 e. The largest absolute Gasteiger partial charge is 0.395 e. The fraction of sp³-hybridized carbons (Fsp3) is 0.500. The molecule has 0 atom stereocenters. The van der Waals surface area contributed by atoms with E-state index in [2.05, 4.69) is 0 Å². The molecule has 1 amide bonds. The number of aryl methyl sites for hydroxylation is 1. The highest BCUT2D eigenvalue weighted by atomic mass is 16.3. The molecule has 1 aromatic rings. The van der Waals surface area contributed by atoms with E-state index in [4.69, 9.17) is 5.11 Å². The number of aliphatic hydroxyl groups is 1. The molecule has 1 rings (SSSR count). The van der Waals surface area contributed by atoms with Crippen molar-refractivity contribution >= 4 is 5.91 Å². The quantitative estimate of drug-likeness (QED) is 0.816. The molecule has 1 aromatic heterocycles. The molecule has 0 saturated carbocycles. The van der Waals surface area contributed by atoms with Crippen LogP contribution in [-0.2, 0) is 7.05 Å². The van der Waals surface area contributed by atoms with Crippen molar-refractivity contribution in [3.63, 3.8) is 0 Å². The molecule has 5 nitrogen and oxygen atoms in total. The van der Waals surface area contributed by atoms with Crippen LogP contribution < -0.4 is 5.56 Å². The first kappa shape index (κ1) is 13.4. The van der Waals surface area contributed by atoms with E-state index < -0.39 is 0 Å². The number of carbonyl (C=O) groups is 1. The van der Waals surface area contributed by atoms with Gasteiger partial charge in [0.15, 0.2) is 0 Å². The zero-order chi connectivity index (χ0) is 13.0. The lowest BCUT2D eigenvalue weighted by Gasteiger charge is -2.25. The molecular formula is C12H18N2O3. The molecule has 5 heteroatoms. The number of hydrogen-bond donors (Lipinski definition) is 1. The molecule has 0 aromatic carbocycles. The predicted molar refractivity (Wildman–Crippen MR) is 64.9 cm³/mol. The summed E-state index contributed by atoms with van der Waals surface area (Å²) in [6.07, 6.45) is 1.56. The van der Waals surface area contributed by atoms with Crippen LogP contribution in [0.4, 0.5) is 0 Å². The van der Waals surface area contributed by atoms with Gasteiger partial charge in [0, 0.05) is 37.5 Å². The standard InChI is InChI=1S/C12H18N2O3/c1-9(2)14(6-7-15)12(17)10-4-5-13(3)11(16)8-10/h4-5,8-9,15H,6-7H2,1-3H3. The van der Waals surface area contributed by atoms with Crippen LogP contribution in [0.3, 0.4) is 0 Å². The van der Waals surface area contributed by atoms with E-state index >= 15 is 0 Å². The average molecular weight is 238 g/mol. The maximum atomic E-state index is 12.1. The highest BCUT2D eigenvalue weighted by Crippen LogP contribution is 2.06. The van der Waals surface area contributed by atoms with Gasteiger partial charge in [0.1, 0.15) is 0 Å². The van der Waals surface area contributed by atoms with Gasteiger partial charge in [-0.1, -0.05) is 0 Å². The minimum Gasteiger partial charge on any atom is -0.395 e. The van der Waals surface area contributed by atoms with Crippen molar-refractivity contribution in [2.45, 2.75) is 19.9 Å². The Morgan fingerprint density at radius 3 is 2.65 bits per heavy atom. The van der Waals surface area contributed by atoms with Gasteiger partial charge in [0.2, 0.25) is 0 Å². The van der Waals surface area contributed by atoms with E-state index in [0.717, 1.165) is 0 Å². The molecule has 1 N–H and O–H groups in total. The van der Waals surface area contributed by atoms with Gasteiger partial charge in [-0.15, -0.1) is 0 Å². The van der Waals surface area contributed by atoms with E-state index in [-0.39, 0.29) is 30.7 Å². The third-order valence-corrected chi connectivity index (χ3v) is 2.58. The third-order valence-electron chi connectivity index (χ3n) is 2.58. The Morgan fingerprint density at radius 2 is 2.18 bits per heavy atom. The number of carbonyl (C=O) groups excluding carboxylic acids is 1. The van der Waals surface area contributed by atoms with Crippen molar-refractivity contribution < 1.29 is 9.90 Å². The molecule has 0 fully saturated rings. The van der Waals surface area contributed by atoms with Gasteiger partial charge in [-0.3, -0.25) is 9.59 Å². The van der Waals surface area contributed by atoms with Crippen LogP contribution in [0.5, 0.6) is 0 Å². The van der Waals surface area contributed by atoms with Gasteiger partial charge >= 0.3 is 0 Å². The molecule has 0 aliphatic rings. The molecule has 0 bridgehead atoms. The van der Waals surface area contributed by atoms with E-state index in [9.17, 15) is 9.59 Å². The van der Waals surface area contributed by atoms with Crippen molar-refractivity contribution in [1.82, 2.24) is 9.47 Å². The number of pyridine rings is 1. The Labute approximate surface area is 100 Å². The summed E-state index contributed by atoms with van der Waals surface area (Å²) in [7, 11) is 1.63. The van der Waals surface area contributed by atoms with Gasteiger partial charge in [-0.05, 0) is 19.9 Å².